The number of hydrogen-bond acceptors (Lipinski definition) is 4. The molecule has 0 fully saturated rings. The molecule has 0 spiro atoms. The first-order chi connectivity index (χ1) is 7.99. The molecule has 4 N–H and O–H groups in total. The Balaban J connectivity index is 2.55. The smallest absolute Gasteiger partial charge is 0.320 e. The maximum absolute atomic E-state index is 10.6. The number of carbonyl (C=O) groups is 1. The van der Waals surface area contributed by atoms with Gasteiger partial charge in [-0.1, -0.05) is 18.7 Å². The SMILES string of the molecule is C=C(C)NOc1ccc(CC(N)C(=O)O)cc1. The lowest BCUT2D eigenvalue weighted by Gasteiger charge is -2.09. The van der Waals surface area contributed by atoms with Crippen molar-refractivity contribution in [3.05, 3.63) is 42.1 Å². The highest BCUT2D eigenvalue weighted by Gasteiger charge is 2.11. The number of allylic oxidation sites excluding steroid dienone is 1. The van der Waals surface area contributed by atoms with Crippen LogP contribution in [0.15, 0.2) is 36.5 Å². The van der Waals surface area contributed by atoms with E-state index in [1.807, 2.05) is 0 Å². The van der Waals surface area contributed by atoms with Crippen molar-refractivity contribution in [2.75, 3.05) is 0 Å². The van der Waals surface area contributed by atoms with Crippen molar-refractivity contribution < 1.29 is 14.7 Å². The fourth-order valence-electron chi connectivity index (χ4n) is 1.18. The normalized spacial score (nSPS) is 11.6. The predicted molar refractivity (Wildman–Crippen MR) is 64.3 cm³/mol. The Morgan fingerprint density at radius 2 is 2.12 bits per heavy atom. The molecule has 0 saturated heterocycles. The largest absolute Gasteiger partial charge is 0.480 e. The van der Waals surface area contributed by atoms with Gasteiger partial charge < -0.3 is 15.7 Å². The van der Waals surface area contributed by atoms with E-state index in [9.17, 15) is 4.79 Å². The van der Waals surface area contributed by atoms with Crippen LogP contribution in [0.4, 0.5) is 0 Å². The number of benzene rings is 1. The Bertz CT molecular complexity index is 401. The fourth-order valence-corrected chi connectivity index (χ4v) is 1.18. The summed E-state index contributed by atoms with van der Waals surface area (Å²) in [5.74, 6) is -0.380. The van der Waals surface area contributed by atoms with Crippen molar-refractivity contribution >= 4 is 5.97 Å². The van der Waals surface area contributed by atoms with Crippen LogP contribution >= 0.6 is 0 Å². The van der Waals surface area contributed by atoms with E-state index in [0.717, 1.165) is 5.56 Å². The number of nitrogens with two attached hydrogens (primary N) is 1. The van der Waals surface area contributed by atoms with Gasteiger partial charge in [0.1, 0.15) is 6.04 Å². The third-order valence-corrected chi connectivity index (χ3v) is 2.04. The summed E-state index contributed by atoms with van der Waals surface area (Å²) in [4.78, 5) is 15.8. The Morgan fingerprint density at radius 3 is 2.59 bits per heavy atom. The maximum atomic E-state index is 10.6. The lowest BCUT2D eigenvalue weighted by Crippen LogP contribution is -2.32. The summed E-state index contributed by atoms with van der Waals surface area (Å²) in [6.07, 6.45) is 0.295. The van der Waals surface area contributed by atoms with E-state index < -0.39 is 12.0 Å². The number of rotatable bonds is 6. The van der Waals surface area contributed by atoms with Gasteiger partial charge in [-0.05, 0) is 31.0 Å². The molecule has 17 heavy (non-hydrogen) atoms. The van der Waals surface area contributed by atoms with Gasteiger partial charge in [-0.15, -0.1) is 0 Å². The molecule has 92 valence electrons. The van der Waals surface area contributed by atoms with Crippen LogP contribution < -0.4 is 16.1 Å². The zero-order valence-corrected chi connectivity index (χ0v) is 9.64. The molecule has 0 heterocycles. The number of nitrogens with one attached hydrogen (secondary N) is 1. The monoisotopic (exact) mass is 236 g/mol. The zero-order chi connectivity index (χ0) is 12.8. The van der Waals surface area contributed by atoms with Crippen molar-refractivity contribution in [1.82, 2.24) is 5.48 Å². The van der Waals surface area contributed by atoms with Crippen molar-refractivity contribution in [3.8, 4) is 5.75 Å². The Hall–Kier alpha value is -2.01. The molecular weight excluding hydrogens is 220 g/mol. The molecule has 1 aromatic rings. The number of carboxylic acids is 1. The lowest BCUT2D eigenvalue weighted by atomic mass is 10.1. The number of hydrogen-bond donors (Lipinski definition) is 3. The summed E-state index contributed by atoms with van der Waals surface area (Å²) in [5, 5.41) is 8.67. The van der Waals surface area contributed by atoms with Gasteiger partial charge in [0.2, 0.25) is 0 Å². The summed E-state index contributed by atoms with van der Waals surface area (Å²) in [6.45, 7) is 5.41. The molecule has 0 aromatic heterocycles. The van der Waals surface area contributed by atoms with Gasteiger partial charge >= 0.3 is 5.97 Å². The minimum Gasteiger partial charge on any atom is -0.480 e. The third-order valence-electron chi connectivity index (χ3n) is 2.04. The Kier molecular flexibility index (Phi) is 4.54. The van der Waals surface area contributed by atoms with Crippen molar-refractivity contribution in [2.24, 2.45) is 5.73 Å². The van der Waals surface area contributed by atoms with Gasteiger partial charge in [-0.25, -0.2) is 5.48 Å². The molecule has 1 unspecified atom stereocenters. The van der Waals surface area contributed by atoms with E-state index in [0.29, 0.717) is 17.9 Å². The van der Waals surface area contributed by atoms with E-state index >= 15 is 0 Å². The fraction of sp³-hybridized carbons (Fsp3) is 0.250. The molecule has 0 saturated carbocycles. The van der Waals surface area contributed by atoms with E-state index in [-0.39, 0.29) is 0 Å². The third kappa shape index (κ3) is 4.56. The van der Waals surface area contributed by atoms with Gasteiger partial charge in [0.05, 0.1) is 0 Å². The molecule has 0 aliphatic rings. The molecule has 1 atom stereocenters. The van der Waals surface area contributed by atoms with Crippen LogP contribution in [0.25, 0.3) is 0 Å². The molecule has 5 nitrogen and oxygen atoms in total. The number of carboxylic acid groups (broad SMARTS) is 1. The Morgan fingerprint density at radius 1 is 1.53 bits per heavy atom. The molecule has 0 amide bonds. The summed E-state index contributed by atoms with van der Waals surface area (Å²) < 4.78 is 0. The molecular formula is C12H16N2O3. The lowest BCUT2D eigenvalue weighted by molar-refractivity contribution is -0.138. The van der Waals surface area contributed by atoms with Gasteiger partial charge in [-0.2, -0.15) is 0 Å². The highest BCUT2D eigenvalue weighted by Crippen LogP contribution is 2.12. The van der Waals surface area contributed by atoms with Crippen LogP contribution in [0.3, 0.4) is 0 Å². The van der Waals surface area contributed by atoms with Gasteiger partial charge in [0.25, 0.3) is 0 Å². The van der Waals surface area contributed by atoms with Crippen LogP contribution in [0.1, 0.15) is 12.5 Å². The van der Waals surface area contributed by atoms with Crippen molar-refractivity contribution in [1.29, 1.82) is 0 Å². The maximum Gasteiger partial charge on any atom is 0.320 e. The molecule has 1 rings (SSSR count). The topological polar surface area (TPSA) is 84.6 Å². The van der Waals surface area contributed by atoms with E-state index in [4.69, 9.17) is 15.7 Å². The van der Waals surface area contributed by atoms with E-state index in [1.54, 1.807) is 31.2 Å². The molecule has 0 radical (unpaired) electrons. The molecule has 5 heteroatoms. The number of hydroxylamine groups is 1. The number of aliphatic carboxylic acids is 1. The first-order valence-electron chi connectivity index (χ1n) is 5.14. The quantitative estimate of drug-likeness (QED) is 0.643. The standard InChI is InChI=1S/C12H16N2O3/c1-8(2)14-17-10-5-3-9(4-6-10)7-11(13)12(15)16/h3-6,11,14H,1,7,13H2,2H3,(H,15,16). The zero-order valence-electron chi connectivity index (χ0n) is 9.64. The van der Waals surface area contributed by atoms with Crippen LogP contribution in [0, 0.1) is 0 Å². The van der Waals surface area contributed by atoms with Gasteiger partial charge in [0, 0.05) is 5.70 Å². The van der Waals surface area contributed by atoms with Crippen LogP contribution in [-0.4, -0.2) is 17.1 Å². The second-order valence-corrected chi connectivity index (χ2v) is 3.78. The van der Waals surface area contributed by atoms with Crippen LogP contribution in [0.5, 0.6) is 5.75 Å². The second kappa shape index (κ2) is 5.91. The second-order valence-electron chi connectivity index (χ2n) is 3.78. The molecule has 1 aromatic carbocycles. The van der Waals surface area contributed by atoms with Crippen molar-refractivity contribution in [2.45, 2.75) is 19.4 Å². The van der Waals surface area contributed by atoms with Crippen LogP contribution in [0.2, 0.25) is 0 Å². The minimum atomic E-state index is -1.01. The Labute approximate surface area is 99.8 Å². The summed E-state index contributed by atoms with van der Waals surface area (Å²) >= 11 is 0. The summed E-state index contributed by atoms with van der Waals surface area (Å²) in [7, 11) is 0. The van der Waals surface area contributed by atoms with Crippen molar-refractivity contribution in [3.63, 3.8) is 0 Å². The van der Waals surface area contributed by atoms with E-state index in [2.05, 4.69) is 12.1 Å². The van der Waals surface area contributed by atoms with E-state index in [1.165, 1.54) is 0 Å². The summed E-state index contributed by atoms with van der Waals surface area (Å²) in [5.41, 5.74) is 9.60. The molecule has 0 aliphatic heterocycles. The minimum absolute atomic E-state index is 0.295. The van der Waals surface area contributed by atoms with Gasteiger partial charge in [-0.3, -0.25) is 4.79 Å². The highest BCUT2D eigenvalue weighted by molar-refractivity contribution is 5.73. The molecule has 0 aliphatic carbocycles. The first kappa shape index (κ1) is 13.1. The highest BCUT2D eigenvalue weighted by atomic mass is 16.6. The predicted octanol–water partition coefficient (Wildman–Crippen LogP) is 1.06. The van der Waals surface area contributed by atoms with Gasteiger partial charge in [0.15, 0.2) is 5.75 Å². The van der Waals surface area contributed by atoms with Crippen LogP contribution in [-0.2, 0) is 11.2 Å². The molecule has 0 bridgehead atoms. The average molecular weight is 236 g/mol. The average Bonchev–Trinajstić information content (AvgIpc) is 2.28. The first-order valence-corrected chi connectivity index (χ1v) is 5.14. The summed E-state index contributed by atoms with van der Waals surface area (Å²) in [6, 6.07) is 6.14.